The number of aliphatic imine (C=N–C) groups is 1. The van der Waals surface area contributed by atoms with Crippen LogP contribution in [-0.2, 0) is 13.1 Å². The van der Waals surface area contributed by atoms with Gasteiger partial charge in [0.25, 0.3) is 0 Å². The predicted octanol–water partition coefficient (Wildman–Crippen LogP) is 4.16. The number of hydrogen-bond donors (Lipinski definition) is 4. The average Bonchev–Trinajstić information content (AvgIpc) is 3.45. The quantitative estimate of drug-likeness (QED) is 0.0994. The summed E-state index contributed by atoms with van der Waals surface area (Å²) in [6.07, 6.45) is 6.87. The molecule has 1 unspecified atom stereocenters. The van der Waals surface area contributed by atoms with Crippen LogP contribution in [0.2, 0.25) is 0 Å². The molecule has 1 saturated heterocycles. The Kier molecular flexibility index (Phi) is 10.3. The van der Waals surface area contributed by atoms with Crippen molar-refractivity contribution in [1.82, 2.24) is 19.7 Å². The normalized spacial score (nSPS) is 15.5. The topological polar surface area (TPSA) is 157 Å². The van der Waals surface area contributed by atoms with Gasteiger partial charge in [-0.05, 0) is 37.0 Å². The van der Waals surface area contributed by atoms with Crippen molar-refractivity contribution < 1.29 is 5.21 Å². The van der Waals surface area contributed by atoms with E-state index in [1.807, 2.05) is 49.5 Å². The van der Waals surface area contributed by atoms with E-state index in [0.29, 0.717) is 18.2 Å². The van der Waals surface area contributed by atoms with Crippen LogP contribution in [0.4, 0.5) is 0 Å². The number of likely N-dealkylation sites (tertiary alicyclic amines) is 1. The minimum Gasteiger partial charge on any atom is -0.409 e. The lowest BCUT2D eigenvalue weighted by atomic mass is 9.97. The molecule has 3 heterocycles. The predicted molar refractivity (Wildman–Crippen MR) is 173 cm³/mol. The number of pyridine rings is 1. The first-order valence-electron chi connectivity index (χ1n) is 13.9. The van der Waals surface area contributed by atoms with Crippen LogP contribution in [0.1, 0.15) is 54.2 Å². The average molecular weight is 586 g/mol. The number of rotatable bonds is 9. The summed E-state index contributed by atoms with van der Waals surface area (Å²) in [6, 6.07) is 20.7. The van der Waals surface area contributed by atoms with Gasteiger partial charge in [0.05, 0.1) is 36.5 Å². The summed E-state index contributed by atoms with van der Waals surface area (Å²) in [5.74, 6) is 0.0302. The Labute approximate surface area is 253 Å². The Morgan fingerprint density at radius 1 is 1.07 bits per heavy atom. The highest BCUT2D eigenvalue weighted by atomic mass is 32.1. The van der Waals surface area contributed by atoms with Crippen LogP contribution >= 0.6 is 13.5 Å². The summed E-state index contributed by atoms with van der Waals surface area (Å²) < 4.78 is 2.11. The molecule has 0 spiro atoms. The molecule has 1 aliphatic rings. The standard InChI is InChI=1S/C31H37N9O.H2S/c1-21(33)28-17-37-40(29(28)18-35-20-32)26-11-13-39(14-12-26)19-22-7-9-24(10-8-22)30-27(23-5-3-2-4-6-23)15-25(16-36-30)31(34)38-41;/h2-10,15-17,20-21,26,41H,11-14,18-19,33H2,1H3,(H2,32,35)(H2,34,38);1H2. The van der Waals surface area contributed by atoms with Gasteiger partial charge in [-0.3, -0.25) is 19.6 Å². The number of oxime groups is 1. The first-order valence-corrected chi connectivity index (χ1v) is 13.9. The van der Waals surface area contributed by atoms with Crippen molar-refractivity contribution in [2.45, 2.75) is 44.9 Å². The zero-order valence-electron chi connectivity index (χ0n) is 23.8. The first kappa shape index (κ1) is 30.8. The number of piperidine rings is 1. The highest BCUT2D eigenvalue weighted by Gasteiger charge is 2.25. The Morgan fingerprint density at radius 2 is 1.79 bits per heavy atom. The molecule has 10 nitrogen and oxygen atoms in total. The molecule has 11 heteroatoms. The van der Waals surface area contributed by atoms with Crippen molar-refractivity contribution >= 4 is 25.7 Å². The molecule has 2 aromatic carbocycles. The second-order valence-corrected chi connectivity index (χ2v) is 10.4. The van der Waals surface area contributed by atoms with Gasteiger partial charge in [-0.25, -0.2) is 0 Å². The van der Waals surface area contributed by atoms with E-state index in [1.165, 1.54) is 11.9 Å². The summed E-state index contributed by atoms with van der Waals surface area (Å²) in [6.45, 7) is 5.30. The Bertz CT molecular complexity index is 1510. The smallest absolute Gasteiger partial charge is 0.171 e. The lowest BCUT2D eigenvalue weighted by Crippen LogP contribution is -2.35. The van der Waals surface area contributed by atoms with Crippen molar-refractivity contribution in [3.63, 3.8) is 0 Å². The number of nitrogens with zero attached hydrogens (tertiary/aromatic N) is 6. The van der Waals surface area contributed by atoms with Gasteiger partial charge in [0.15, 0.2) is 5.84 Å². The van der Waals surface area contributed by atoms with Crippen LogP contribution in [0.5, 0.6) is 0 Å². The summed E-state index contributed by atoms with van der Waals surface area (Å²) in [5.41, 5.74) is 25.2. The molecule has 0 amide bonds. The molecule has 1 atom stereocenters. The molecule has 42 heavy (non-hydrogen) atoms. The highest BCUT2D eigenvalue weighted by molar-refractivity contribution is 7.59. The summed E-state index contributed by atoms with van der Waals surface area (Å²) in [5, 5.41) is 17.0. The number of nitrogens with two attached hydrogens (primary N) is 3. The SMILES string of the molecule is CC(N)c1cnn(C2CCN(Cc3ccc(-c4ncc(/C(N)=N/O)cc4-c4ccccc4)cc3)CC2)c1CN=CN.S. The fourth-order valence-electron chi connectivity index (χ4n) is 5.48. The Hall–Kier alpha value is -4.19. The van der Waals surface area contributed by atoms with Gasteiger partial charge < -0.3 is 22.4 Å². The van der Waals surface area contributed by atoms with Gasteiger partial charge in [-0.1, -0.05) is 59.8 Å². The van der Waals surface area contributed by atoms with Crippen molar-refractivity contribution in [3.8, 4) is 22.4 Å². The molecule has 2 aromatic heterocycles. The molecule has 5 rings (SSSR count). The van der Waals surface area contributed by atoms with E-state index >= 15 is 0 Å². The third-order valence-corrected chi connectivity index (χ3v) is 7.68. The van der Waals surface area contributed by atoms with Gasteiger partial charge in [0, 0.05) is 54.1 Å². The van der Waals surface area contributed by atoms with E-state index in [1.54, 1.807) is 6.20 Å². The maximum atomic E-state index is 9.15. The number of benzene rings is 2. The highest BCUT2D eigenvalue weighted by Crippen LogP contribution is 2.32. The minimum atomic E-state index is -0.0980. The van der Waals surface area contributed by atoms with Crippen LogP contribution < -0.4 is 17.2 Å². The Balaban J connectivity index is 0.00000405. The second kappa shape index (κ2) is 14.1. The van der Waals surface area contributed by atoms with Gasteiger partial charge >= 0.3 is 0 Å². The molecule has 1 fully saturated rings. The molecular formula is C31H39N9OS. The molecule has 220 valence electrons. The van der Waals surface area contributed by atoms with Crippen molar-refractivity contribution in [1.29, 1.82) is 0 Å². The third kappa shape index (κ3) is 6.81. The molecule has 0 aliphatic carbocycles. The monoisotopic (exact) mass is 585 g/mol. The van der Waals surface area contributed by atoms with Gasteiger partial charge in [-0.15, -0.1) is 0 Å². The van der Waals surface area contributed by atoms with Crippen LogP contribution in [-0.4, -0.2) is 50.1 Å². The second-order valence-electron chi connectivity index (χ2n) is 10.4. The summed E-state index contributed by atoms with van der Waals surface area (Å²) >= 11 is 0. The minimum absolute atomic E-state index is 0. The molecular weight excluding hydrogens is 546 g/mol. The fraction of sp³-hybridized carbons (Fsp3) is 0.290. The Morgan fingerprint density at radius 3 is 2.43 bits per heavy atom. The molecule has 4 aromatic rings. The van der Waals surface area contributed by atoms with Crippen molar-refractivity contribution in [3.05, 3.63) is 95.4 Å². The number of hydrogen-bond acceptors (Lipinski definition) is 7. The number of amidine groups is 1. The van der Waals surface area contributed by atoms with E-state index in [9.17, 15) is 0 Å². The van der Waals surface area contributed by atoms with E-state index in [2.05, 4.69) is 49.1 Å². The molecule has 1 aliphatic heterocycles. The molecule has 0 bridgehead atoms. The van der Waals surface area contributed by atoms with Crippen molar-refractivity contribution in [2.24, 2.45) is 27.3 Å². The maximum absolute atomic E-state index is 9.15. The zero-order chi connectivity index (χ0) is 28.8. The van der Waals surface area contributed by atoms with Gasteiger partial charge in [-0.2, -0.15) is 18.6 Å². The summed E-state index contributed by atoms with van der Waals surface area (Å²) in [4.78, 5) is 11.4. The largest absolute Gasteiger partial charge is 0.409 e. The van der Waals surface area contributed by atoms with Gasteiger partial charge in [0.2, 0.25) is 0 Å². The lowest BCUT2D eigenvalue weighted by molar-refractivity contribution is 0.171. The van der Waals surface area contributed by atoms with E-state index in [4.69, 9.17) is 27.4 Å². The zero-order valence-corrected chi connectivity index (χ0v) is 24.8. The third-order valence-electron chi connectivity index (χ3n) is 7.68. The molecule has 0 radical (unpaired) electrons. The van der Waals surface area contributed by atoms with E-state index in [0.717, 1.165) is 66.1 Å². The maximum Gasteiger partial charge on any atom is 0.171 e. The van der Waals surface area contributed by atoms with Gasteiger partial charge in [0.1, 0.15) is 0 Å². The first-order chi connectivity index (χ1) is 20.0. The van der Waals surface area contributed by atoms with Crippen LogP contribution in [0, 0.1) is 0 Å². The number of aromatic nitrogens is 3. The molecule has 0 saturated carbocycles. The van der Waals surface area contributed by atoms with Crippen LogP contribution in [0.3, 0.4) is 0 Å². The van der Waals surface area contributed by atoms with Crippen molar-refractivity contribution in [2.75, 3.05) is 13.1 Å². The van der Waals surface area contributed by atoms with E-state index < -0.39 is 0 Å². The van der Waals surface area contributed by atoms with Crippen LogP contribution in [0.25, 0.3) is 22.4 Å². The molecule has 7 N–H and O–H groups in total. The van der Waals surface area contributed by atoms with Crippen LogP contribution in [0.15, 0.2) is 83.2 Å². The lowest BCUT2D eigenvalue weighted by Gasteiger charge is -2.33. The fourth-order valence-corrected chi connectivity index (χ4v) is 5.48. The summed E-state index contributed by atoms with van der Waals surface area (Å²) in [7, 11) is 0. The van der Waals surface area contributed by atoms with E-state index in [-0.39, 0.29) is 25.4 Å².